The van der Waals surface area contributed by atoms with E-state index in [1.165, 1.54) is 0 Å². The van der Waals surface area contributed by atoms with Crippen molar-refractivity contribution in [1.29, 1.82) is 0 Å². The van der Waals surface area contributed by atoms with Gasteiger partial charge >= 0.3 is 0 Å². The summed E-state index contributed by atoms with van der Waals surface area (Å²) in [7, 11) is 1.55. The minimum absolute atomic E-state index is 0.104. The van der Waals surface area contributed by atoms with Gasteiger partial charge in [0.05, 0.1) is 7.11 Å². The Hall–Kier alpha value is -1.58. The van der Waals surface area contributed by atoms with E-state index in [1.54, 1.807) is 49.6 Å². The Morgan fingerprint density at radius 1 is 1.20 bits per heavy atom. The Bertz CT molecular complexity index is 576. The standard InChI is InChI=1S/C16H17ClFNO/c1-20-15-8-7-14(17)9-12(15)10-16(18,11-19)13-5-3-2-4-6-13/h2-9H,10-11,19H2,1H3. The third-order valence-corrected chi connectivity index (χ3v) is 3.56. The van der Waals surface area contributed by atoms with E-state index in [-0.39, 0.29) is 13.0 Å². The molecule has 1 atom stereocenters. The fourth-order valence-corrected chi connectivity index (χ4v) is 2.41. The molecule has 0 aromatic heterocycles. The fourth-order valence-electron chi connectivity index (χ4n) is 2.22. The molecule has 0 saturated carbocycles. The van der Waals surface area contributed by atoms with Crippen LogP contribution in [0.25, 0.3) is 0 Å². The van der Waals surface area contributed by atoms with E-state index >= 15 is 4.39 Å². The van der Waals surface area contributed by atoms with Crippen molar-refractivity contribution in [2.75, 3.05) is 13.7 Å². The maximum absolute atomic E-state index is 15.2. The topological polar surface area (TPSA) is 35.2 Å². The van der Waals surface area contributed by atoms with Crippen molar-refractivity contribution >= 4 is 11.6 Å². The molecule has 1 unspecified atom stereocenters. The van der Waals surface area contributed by atoms with Gasteiger partial charge in [-0.25, -0.2) is 4.39 Å². The molecule has 0 saturated heterocycles. The number of methoxy groups -OCH3 is 1. The fraction of sp³-hybridized carbons (Fsp3) is 0.250. The van der Waals surface area contributed by atoms with Crippen molar-refractivity contribution in [2.24, 2.45) is 5.73 Å². The zero-order chi connectivity index (χ0) is 14.6. The zero-order valence-electron chi connectivity index (χ0n) is 11.3. The second-order valence-corrected chi connectivity index (χ2v) is 5.10. The monoisotopic (exact) mass is 293 g/mol. The first kappa shape index (κ1) is 14.8. The van der Waals surface area contributed by atoms with Gasteiger partial charge in [0.1, 0.15) is 5.75 Å². The lowest BCUT2D eigenvalue weighted by molar-refractivity contribution is 0.173. The molecular weight excluding hydrogens is 277 g/mol. The maximum atomic E-state index is 15.2. The smallest absolute Gasteiger partial charge is 0.152 e. The third kappa shape index (κ3) is 3.11. The molecule has 0 bridgehead atoms. The molecule has 20 heavy (non-hydrogen) atoms. The highest BCUT2D eigenvalue weighted by atomic mass is 35.5. The summed E-state index contributed by atoms with van der Waals surface area (Å²) < 4.78 is 20.4. The third-order valence-electron chi connectivity index (χ3n) is 3.33. The molecular formula is C16H17ClFNO. The molecule has 0 fully saturated rings. The van der Waals surface area contributed by atoms with Crippen LogP contribution in [-0.2, 0) is 12.1 Å². The van der Waals surface area contributed by atoms with E-state index in [0.717, 1.165) is 0 Å². The normalized spacial score (nSPS) is 13.8. The lowest BCUT2D eigenvalue weighted by Crippen LogP contribution is -2.32. The molecule has 2 nitrogen and oxygen atoms in total. The summed E-state index contributed by atoms with van der Waals surface area (Å²) in [5, 5.41) is 0.549. The average molecular weight is 294 g/mol. The van der Waals surface area contributed by atoms with Crippen LogP contribution in [0.15, 0.2) is 48.5 Å². The van der Waals surface area contributed by atoms with Crippen molar-refractivity contribution in [1.82, 2.24) is 0 Å². The van der Waals surface area contributed by atoms with Gasteiger partial charge in [0.2, 0.25) is 0 Å². The number of nitrogens with two attached hydrogens (primary N) is 1. The predicted octanol–water partition coefficient (Wildman–Crippen LogP) is 3.71. The number of benzene rings is 2. The first-order valence-corrected chi connectivity index (χ1v) is 6.74. The first-order chi connectivity index (χ1) is 9.59. The van der Waals surface area contributed by atoms with Crippen LogP contribution in [0, 0.1) is 0 Å². The highest BCUT2D eigenvalue weighted by molar-refractivity contribution is 6.30. The number of hydrogen-bond donors (Lipinski definition) is 1. The Labute approximate surface area is 123 Å². The van der Waals surface area contributed by atoms with Gasteiger partial charge in [0.15, 0.2) is 5.67 Å². The minimum atomic E-state index is -1.64. The second kappa shape index (κ2) is 6.25. The Kier molecular flexibility index (Phi) is 4.63. The van der Waals surface area contributed by atoms with E-state index < -0.39 is 5.67 Å². The van der Waals surface area contributed by atoms with Crippen LogP contribution in [0.2, 0.25) is 5.02 Å². The summed E-state index contributed by atoms with van der Waals surface area (Å²) in [6.45, 7) is -0.104. The van der Waals surface area contributed by atoms with E-state index in [1.807, 2.05) is 6.07 Å². The molecule has 0 aliphatic carbocycles. The Morgan fingerprint density at radius 2 is 1.90 bits per heavy atom. The molecule has 4 heteroatoms. The molecule has 0 radical (unpaired) electrons. The number of halogens is 2. The summed E-state index contributed by atoms with van der Waals surface area (Å²) in [5.41, 5.74) is 5.29. The second-order valence-electron chi connectivity index (χ2n) is 4.67. The summed E-state index contributed by atoms with van der Waals surface area (Å²) in [4.78, 5) is 0. The highest BCUT2D eigenvalue weighted by Gasteiger charge is 2.31. The number of ether oxygens (including phenoxy) is 1. The van der Waals surface area contributed by atoms with Gasteiger partial charge in [-0.3, -0.25) is 0 Å². The average Bonchev–Trinajstić information content (AvgIpc) is 2.48. The molecule has 2 aromatic carbocycles. The predicted molar refractivity (Wildman–Crippen MR) is 80.0 cm³/mol. The summed E-state index contributed by atoms with van der Waals surface area (Å²) >= 11 is 5.98. The number of alkyl halides is 1. The Balaban J connectivity index is 2.38. The molecule has 2 N–H and O–H groups in total. The van der Waals surface area contributed by atoms with Crippen molar-refractivity contribution in [2.45, 2.75) is 12.1 Å². The summed E-state index contributed by atoms with van der Waals surface area (Å²) in [5.74, 6) is 0.612. The number of hydrogen-bond acceptors (Lipinski definition) is 2. The van der Waals surface area contributed by atoms with Crippen LogP contribution < -0.4 is 10.5 Å². The molecule has 0 amide bonds. The van der Waals surface area contributed by atoms with E-state index in [9.17, 15) is 0 Å². The van der Waals surface area contributed by atoms with Gasteiger partial charge in [0.25, 0.3) is 0 Å². The van der Waals surface area contributed by atoms with Gasteiger partial charge in [-0.05, 0) is 29.3 Å². The van der Waals surface area contributed by atoms with E-state index in [0.29, 0.717) is 21.9 Å². The molecule has 0 spiro atoms. The van der Waals surface area contributed by atoms with Gasteiger partial charge in [-0.15, -0.1) is 0 Å². The van der Waals surface area contributed by atoms with Crippen LogP contribution >= 0.6 is 11.6 Å². The molecule has 0 heterocycles. The van der Waals surface area contributed by atoms with Gasteiger partial charge in [0, 0.05) is 18.0 Å². The van der Waals surface area contributed by atoms with Gasteiger partial charge < -0.3 is 10.5 Å². The number of rotatable bonds is 5. The first-order valence-electron chi connectivity index (χ1n) is 6.36. The zero-order valence-corrected chi connectivity index (χ0v) is 12.0. The molecule has 106 valence electrons. The summed E-state index contributed by atoms with van der Waals surface area (Å²) in [6.07, 6.45) is 0.122. The molecule has 2 rings (SSSR count). The van der Waals surface area contributed by atoms with Crippen molar-refractivity contribution in [3.8, 4) is 5.75 Å². The largest absolute Gasteiger partial charge is 0.496 e. The van der Waals surface area contributed by atoms with Crippen molar-refractivity contribution in [3.05, 3.63) is 64.7 Å². The quantitative estimate of drug-likeness (QED) is 0.912. The van der Waals surface area contributed by atoms with E-state index in [4.69, 9.17) is 22.1 Å². The van der Waals surface area contributed by atoms with Crippen molar-refractivity contribution < 1.29 is 9.13 Å². The van der Waals surface area contributed by atoms with E-state index in [2.05, 4.69) is 0 Å². The van der Waals surface area contributed by atoms with Gasteiger partial charge in [-0.1, -0.05) is 41.9 Å². The SMILES string of the molecule is COc1ccc(Cl)cc1CC(F)(CN)c1ccccc1. The highest BCUT2D eigenvalue weighted by Crippen LogP contribution is 2.33. The van der Waals surface area contributed by atoms with Crippen LogP contribution in [-0.4, -0.2) is 13.7 Å². The molecule has 2 aromatic rings. The minimum Gasteiger partial charge on any atom is -0.496 e. The Morgan fingerprint density at radius 3 is 2.50 bits per heavy atom. The molecule has 0 aliphatic heterocycles. The van der Waals surface area contributed by atoms with Crippen LogP contribution in [0.1, 0.15) is 11.1 Å². The molecule has 0 aliphatic rings. The van der Waals surface area contributed by atoms with Crippen LogP contribution in [0.3, 0.4) is 0 Å². The van der Waals surface area contributed by atoms with Crippen LogP contribution in [0.5, 0.6) is 5.75 Å². The maximum Gasteiger partial charge on any atom is 0.152 e. The summed E-state index contributed by atoms with van der Waals surface area (Å²) in [6, 6.07) is 14.1. The van der Waals surface area contributed by atoms with Crippen LogP contribution in [0.4, 0.5) is 4.39 Å². The lowest BCUT2D eigenvalue weighted by Gasteiger charge is -2.25. The van der Waals surface area contributed by atoms with Crippen molar-refractivity contribution in [3.63, 3.8) is 0 Å². The lowest BCUT2D eigenvalue weighted by atomic mass is 9.88. The van der Waals surface area contributed by atoms with Gasteiger partial charge in [-0.2, -0.15) is 0 Å².